The molecule has 0 aliphatic heterocycles. The SMILES string of the molecule is NC(N)=NCC(F)(F)F.NC(N)=NCC(F)(F)F.O=S(=O)(O)O. The van der Waals surface area contributed by atoms with E-state index in [2.05, 4.69) is 32.9 Å². The van der Waals surface area contributed by atoms with E-state index in [0.717, 1.165) is 0 Å². The van der Waals surface area contributed by atoms with Crippen molar-refractivity contribution in [1.29, 1.82) is 0 Å². The number of guanidine groups is 2. The lowest BCUT2D eigenvalue weighted by Crippen LogP contribution is -2.25. The minimum Gasteiger partial charge on any atom is -0.370 e. The largest absolute Gasteiger partial charge is 0.408 e. The Morgan fingerprint density at radius 1 is 0.783 bits per heavy atom. The summed E-state index contributed by atoms with van der Waals surface area (Å²) in [6.07, 6.45) is -8.63. The number of aliphatic imine (C=N–C) groups is 2. The van der Waals surface area contributed by atoms with Crippen molar-refractivity contribution in [2.45, 2.75) is 12.4 Å². The van der Waals surface area contributed by atoms with E-state index in [9.17, 15) is 26.3 Å². The van der Waals surface area contributed by atoms with Gasteiger partial charge in [-0.2, -0.15) is 34.8 Å². The van der Waals surface area contributed by atoms with Gasteiger partial charge in [0.2, 0.25) is 0 Å². The van der Waals surface area contributed by atoms with Crippen LogP contribution in [0.1, 0.15) is 0 Å². The predicted molar refractivity (Wildman–Crippen MR) is 67.6 cm³/mol. The molecule has 0 radical (unpaired) electrons. The summed E-state index contributed by atoms with van der Waals surface area (Å²) >= 11 is 0. The molecule has 0 unspecified atom stereocenters. The first-order chi connectivity index (χ1) is 9.83. The molecule has 0 bridgehead atoms. The first kappa shape index (κ1) is 25.9. The van der Waals surface area contributed by atoms with Gasteiger partial charge in [0.1, 0.15) is 13.1 Å². The van der Waals surface area contributed by atoms with E-state index in [1.165, 1.54) is 0 Å². The Hall–Kier alpha value is -2.01. The molecule has 23 heavy (non-hydrogen) atoms. The minimum absolute atomic E-state index is 0.549. The number of hydrogen-bond donors (Lipinski definition) is 6. The van der Waals surface area contributed by atoms with E-state index in [4.69, 9.17) is 17.5 Å². The lowest BCUT2D eigenvalue weighted by atomic mass is 10.6. The van der Waals surface area contributed by atoms with Gasteiger partial charge in [-0.15, -0.1) is 0 Å². The Kier molecular flexibility index (Phi) is 12.0. The highest BCUT2D eigenvalue weighted by molar-refractivity contribution is 7.79. The summed E-state index contributed by atoms with van der Waals surface area (Å²) in [7, 11) is -4.67. The second-order valence-electron chi connectivity index (χ2n) is 3.16. The van der Waals surface area contributed by atoms with Crippen LogP contribution in [0, 0.1) is 0 Å². The van der Waals surface area contributed by atoms with Gasteiger partial charge in [-0.25, -0.2) is 9.98 Å². The van der Waals surface area contributed by atoms with E-state index in [1.54, 1.807) is 0 Å². The number of nitrogens with zero attached hydrogens (tertiary/aromatic N) is 2. The molecule has 0 heterocycles. The fourth-order valence-electron chi connectivity index (χ4n) is 0.362. The van der Waals surface area contributed by atoms with Crippen molar-refractivity contribution in [2.24, 2.45) is 32.9 Å². The van der Waals surface area contributed by atoms with Gasteiger partial charge < -0.3 is 22.9 Å². The molecule has 0 aromatic rings. The second-order valence-corrected chi connectivity index (χ2v) is 4.06. The fraction of sp³-hybridized carbons (Fsp3) is 0.667. The van der Waals surface area contributed by atoms with E-state index in [1.807, 2.05) is 0 Å². The number of alkyl halides is 6. The third kappa shape index (κ3) is 64.8. The number of halogens is 6. The molecule has 0 saturated heterocycles. The monoisotopic (exact) mass is 380 g/mol. The number of hydrogen-bond acceptors (Lipinski definition) is 4. The van der Waals surface area contributed by atoms with Crippen LogP contribution in [0.15, 0.2) is 9.98 Å². The third-order valence-corrected chi connectivity index (χ3v) is 0.882. The van der Waals surface area contributed by atoms with Gasteiger partial charge in [-0.1, -0.05) is 0 Å². The van der Waals surface area contributed by atoms with Gasteiger partial charge >= 0.3 is 22.8 Å². The maximum absolute atomic E-state index is 11.2. The molecule has 0 fully saturated rings. The molecule has 0 saturated carbocycles. The summed E-state index contributed by atoms with van der Waals surface area (Å²) < 4.78 is 98.8. The maximum atomic E-state index is 11.2. The highest BCUT2D eigenvalue weighted by Gasteiger charge is 2.26. The normalized spacial score (nSPS) is 11.1. The standard InChI is InChI=1S/2C3H6F3N3.H2O4S/c2*4-3(5,6)1-9-2(7)8;1-5(2,3)4/h2*1H2,(H4,7,8,9);(H2,1,2,3,4). The van der Waals surface area contributed by atoms with Crippen LogP contribution in [-0.4, -0.2) is 54.9 Å². The zero-order valence-electron chi connectivity index (χ0n) is 11.0. The van der Waals surface area contributed by atoms with E-state index < -0.39 is 47.8 Å². The van der Waals surface area contributed by atoms with Crippen LogP contribution in [0.25, 0.3) is 0 Å². The van der Waals surface area contributed by atoms with Gasteiger partial charge in [0, 0.05) is 0 Å². The van der Waals surface area contributed by atoms with E-state index in [0.29, 0.717) is 0 Å². The van der Waals surface area contributed by atoms with Crippen LogP contribution in [0.3, 0.4) is 0 Å². The van der Waals surface area contributed by atoms with Crippen LogP contribution in [0.2, 0.25) is 0 Å². The van der Waals surface area contributed by atoms with Crippen LogP contribution >= 0.6 is 0 Å². The minimum atomic E-state index is -4.67. The predicted octanol–water partition coefficient (Wildman–Crippen LogP) is -1.01. The Morgan fingerprint density at radius 2 is 0.957 bits per heavy atom. The molecule has 17 heteroatoms. The van der Waals surface area contributed by atoms with E-state index in [-0.39, 0.29) is 0 Å². The fourth-order valence-corrected chi connectivity index (χ4v) is 0.362. The average Bonchev–Trinajstić information content (AvgIpc) is 2.20. The molecular formula is C6H14F6N6O4S. The Morgan fingerprint density at radius 3 is 1.00 bits per heavy atom. The smallest absolute Gasteiger partial charge is 0.370 e. The lowest BCUT2D eigenvalue weighted by molar-refractivity contribution is -0.119. The summed E-state index contributed by atoms with van der Waals surface area (Å²) in [5.41, 5.74) is 18.5. The molecule has 10 N–H and O–H groups in total. The third-order valence-electron chi connectivity index (χ3n) is 0.882. The molecule has 0 amide bonds. The summed E-state index contributed by atoms with van der Waals surface area (Å²) in [4.78, 5) is 5.49. The molecule has 0 spiro atoms. The van der Waals surface area contributed by atoms with Crippen LogP contribution in [0.4, 0.5) is 26.3 Å². The highest BCUT2D eigenvalue weighted by atomic mass is 32.3. The Labute approximate surface area is 125 Å². The first-order valence-corrected chi connectivity index (χ1v) is 6.17. The molecular weight excluding hydrogens is 366 g/mol. The molecule has 140 valence electrons. The van der Waals surface area contributed by atoms with Gasteiger partial charge in [0.25, 0.3) is 0 Å². The molecule has 10 nitrogen and oxygen atoms in total. The van der Waals surface area contributed by atoms with Gasteiger partial charge in [-0.05, 0) is 0 Å². The van der Waals surface area contributed by atoms with Crippen molar-refractivity contribution in [1.82, 2.24) is 0 Å². The number of nitrogens with two attached hydrogens (primary N) is 4. The topological polar surface area (TPSA) is 203 Å². The van der Waals surface area contributed by atoms with Crippen molar-refractivity contribution in [3.05, 3.63) is 0 Å². The zero-order valence-corrected chi connectivity index (χ0v) is 11.8. The summed E-state index contributed by atoms with van der Waals surface area (Å²) in [6.45, 7) is -2.62. The molecule has 0 aromatic carbocycles. The maximum Gasteiger partial charge on any atom is 0.408 e. The quantitative estimate of drug-likeness (QED) is 0.151. The summed E-state index contributed by atoms with van der Waals surface area (Å²) in [5, 5.41) is 0. The van der Waals surface area contributed by atoms with Crippen molar-refractivity contribution in [3.63, 3.8) is 0 Å². The van der Waals surface area contributed by atoms with E-state index >= 15 is 0 Å². The second kappa shape index (κ2) is 10.7. The summed E-state index contributed by atoms with van der Waals surface area (Å²) in [6, 6.07) is 0. The van der Waals surface area contributed by atoms with Gasteiger partial charge in [0.05, 0.1) is 0 Å². The van der Waals surface area contributed by atoms with Crippen molar-refractivity contribution in [2.75, 3.05) is 13.1 Å². The molecule has 0 atom stereocenters. The van der Waals surface area contributed by atoms with Gasteiger partial charge in [0.15, 0.2) is 11.9 Å². The Bertz CT molecular complexity index is 441. The van der Waals surface area contributed by atoms with Crippen molar-refractivity contribution < 1.29 is 43.9 Å². The van der Waals surface area contributed by atoms with Crippen LogP contribution < -0.4 is 22.9 Å². The van der Waals surface area contributed by atoms with Crippen LogP contribution in [-0.2, 0) is 10.4 Å². The number of rotatable bonds is 2. The highest BCUT2D eigenvalue weighted by Crippen LogP contribution is 2.14. The zero-order chi connectivity index (χ0) is 19.5. The summed E-state index contributed by atoms with van der Waals surface area (Å²) in [5.74, 6) is -1.10. The Balaban J connectivity index is -0.000000273. The molecule has 0 aliphatic rings. The lowest BCUT2D eigenvalue weighted by Gasteiger charge is -1.99. The van der Waals surface area contributed by atoms with Crippen molar-refractivity contribution >= 4 is 22.3 Å². The van der Waals surface area contributed by atoms with Crippen molar-refractivity contribution in [3.8, 4) is 0 Å². The van der Waals surface area contributed by atoms with Crippen LogP contribution in [0.5, 0.6) is 0 Å². The molecule has 0 aliphatic carbocycles. The average molecular weight is 380 g/mol. The molecule has 0 aromatic heterocycles. The van der Waals surface area contributed by atoms with Gasteiger partial charge in [-0.3, -0.25) is 9.11 Å². The first-order valence-electron chi connectivity index (χ1n) is 4.77. The molecule has 0 rings (SSSR count).